The van der Waals surface area contributed by atoms with Crippen LogP contribution in [-0.4, -0.2) is 30.3 Å². The molecule has 0 N–H and O–H groups in total. The number of halogens is 3. The molecule has 0 spiro atoms. The molecule has 58 valence electrons. The molecule has 1 nitrogen and oxygen atoms in total. The smallest absolute Gasteiger partial charge is 0.229 e. The van der Waals surface area contributed by atoms with Gasteiger partial charge in [0, 0.05) is 6.92 Å². The summed E-state index contributed by atoms with van der Waals surface area (Å²) in [6.07, 6.45) is -0.797. The zero-order valence-corrected chi connectivity index (χ0v) is 8.21. The third-order valence-corrected chi connectivity index (χ3v) is 2.56. The highest BCUT2D eigenvalue weighted by Gasteiger charge is 2.20. The fourth-order valence-electron chi connectivity index (χ4n) is 0.0951. The quantitative estimate of drug-likeness (QED) is 0.309. The van der Waals surface area contributed by atoms with E-state index < -0.39 is 6.30 Å². The van der Waals surface area contributed by atoms with Crippen molar-refractivity contribution in [3.63, 3.8) is 0 Å². The van der Waals surface area contributed by atoms with E-state index in [0.717, 1.165) is 0 Å². The minimum absolute atomic E-state index is 0. The molecular weight excluding hydrogens is 208 g/mol. The molecule has 0 heterocycles. The van der Waals surface area contributed by atoms with Gasteiger partial charge in [-0.1, -0.05) is 0 Å². The lowest BCUT2D eigenvalue weighted by Gasteiger charge is -2.28. The molecule has 0 fully saturated rings. The number of nitrogens with zero attached hydrogens (tertiary/aromatic N) is 1. The van der Waals surface area contributed by atoms with Crippen LogP contribution in [0.25, 0.3) is 0 Å². The number of hydrogen-bond donors (Lipinski definition) is 0. The lowest BCUT2D eigenvalue weighted by Crippen LogP contribution is -3.00. The number of quaternary nitrogens is 1. The number of hydrogen-bond acceptors (Lipinski definition) is 0. The van der Waals surface area contributed by atoms with Gasteiger partial charge in [0.25, 0.3) is 0 Å². The Hall–Kier alpha value is 0.660. The van der Waals surface area contributed by atoms with E-state index in [1.807, 2.05) is 14.1 Å². The van der Waals surface area contributed by atoms with E-state index in [-0.39, 0.29) is 12.4 Å². The van der Waals surface area contributed by atoms with Crippen LogP contribution >= 0.6 is 15.9 Å². The molecule has 0 aliphatic heterocycles. The van der Waals surface area contributed by atoms with Gasteiger partial charge in [-0.2, -0.15) is 4.39 Å². The summed E-state index contributed by atoms with van der Waals surface area (Å²) < 4.78 is 12.8. The van der Waals surface area contributed by atoms with Crippen LogP contribution in [0.3, 0.4) is 0 Å². The first kappa shape index (κ1) is 12.3. The van der Waals surface area contributed by atoms with Crippen LogP contribution in [0.1, 0.15) is 6.92 Å². The lowest BCUT2D eigenvalue weighted by molar-refractivity contribution is -0.914. The summed E-state index contributed by atoms with van der Waals surface area (Å²) in [5, 5.41) is 0. The topological polar surface area (TPSA) is 0 Å². The van der Waals surface area contributed by atoms with Crippen LogP contribution in [0.15, 0.2) is 0 Å². The van der Waals surface area contributed by atoms with E-state index >= 15 is 0 Å². The van der Waals surface area contributed by atoms with Crippen LogP contribution in [-0.2, 0) is 0 Å². The third-order valence-electron chi connectivity index (χ3n) is 1.27. The molecule has 4 heteroatoms. The molecule has 0 saturated carbocycles. The predicted octanol–water partition coefficient (Wildman–Crippen LogP) is -1.27. The summed E-state index contributed by atoms with van der Waals surface area (Å²) in [5.74, 6) is 0. The van der Waals surface area contributed by atoms with Crippen molar-refractivity contribution in [1.82, 2.24) is 0 Å². The normalized spacial score (nSPS) is 14.3. The summed E-state index contributed by atoms with van der Waals surface area (Å²) in [5.41, 5.74) is 0.657. The molecule has 0 aliphatic carbocycles. The second-order valence-corrected chi connectivity index (χ2v) is 2.97. The Kier molecular flexibility index (Phi) is 6.13. The zero-order chi connectivity index (χ0) is 6.78. The Morgan fingerprint density at radius 2 is 1.89 bits per heavy atom. The fourth-order valence-corrected chi connectivity index (χ4v) is 0.494. The monoisotopic (exact) mass is 219 g/mol. The average molecular weight is 221 g/mol. The Balaban J connectivity index is 0. The standard InChI is InChI=1S/C5H12BrFN.ClH/c1-5(7)8(2,3)4-6;/h5H,4H2,1-3H3;1H/q+1;/p-1. The number of alkyl halides is 2. The van der Waals surface area contributed by atoms with Crippen molar-refractivity contribution in [2.75, 3.05) is 19.5 Å². The Morgan fingerprint density at radius 1 is 1.56 bits per heavy atom. The first-order valence-electron chi connectivity index (χ1n) is 2.53. The molecule has 0 aromatic carbocycles. The zero-order valence-electron chi connectivity index (χ0n) is 5.87. The lowest BCUT2D eigenvalue weighted by atomic mass is 10.5. The maximum Gasteiger partial charge on any atom is 0.229 e. The first-order chi connectivity index (χ1) is 3.50. The molecule has 0 amide bonds. The van der Waals surface area contributed by atoms with Gasteiger partial charge in [-0.05, 0) is 15.9 Å². The van der Waals surface area contributed by atoms with Gasteiger partial charge < -0.3 is 12.4 Å². The molecule has 9 heavy (non-hydrogen) atoms. The molecular formula is C5H12BrClFN. The molecule has 1 atom stereocenters. The summed E-state index contributed by atoms with van der Waals surface area (Å²) in [6.45, 7) is 1.56. The van der Waals surface area contributed by atoms with Crippen LogP contribution in [0.2, 0.25) is 0 Å². The van der Waals surface area contributed by atoms with Crippen molar-refractivity contribution in [3.8, 4) is 0 Å². The second-order valence-electron chi connectivity index (χ2n) is 2.47. The van der Waals surface area contributed by atoms with Crippen molar-refractivity contribution < 1.29 is 21.3 Å². The molecule has 0 aromatic heterocycles. The van der Waals surface area contributed by atoms with Gasteiger partial charge in [0.05, 0.1) is 14.1 Å². The molecule has 0 radical (unpaired) electrons. The van der Waals surface area contributed by atoms with E-state index in [9.17, 15) is 4.39 Å². The van der Waals surface area contributed by atoms with Crippen LogP contribution in [0.4, 0.5) is 4.39 Å². The Bertz CT molecular complexity index is 77.4. The first-order valence-corrected chi connectivity index (χ1v) is 3.65. The third kappa shape index (κ3) is 4.12. The van der Waals surface area contributed by atoms with Crippen molar-refractivity contribution in [1.29, 1.82) is 0 Å². The van der Waals surface area contributed by atoms with E-state index in [4.69, 9.17) is 0 Å². The highest BCUT2D eigenvalue weighted by Crippen LogP contribution is 2.08. The van der Waals surface area contributed by atoms with Gasteiger partial charge >= 0.3 is 0 Å². The van der Waals surface area contributed by atoms with E-state index in [2.05, 4.69) is 15.9 Å². The Morgan fingerprint density at radius 3 is 1.89 bits per heavy atom. The van der Waals surface area contributed by atoms with E-state index in [1.54, 1.807) is 6.92 Å². The largest absolute Gasteiger partial charge is 1.00 e. The maximum atomic E-state index is 12.4. The minimum atomic E-state index is -0.797. The van der Waals surface area contributed by atoms with Crippen LogP contribution in [0, 0.1) is 0 Å². The molecule has 0 bridgehead atoms. The minimum Gasteiger partial charge on any atom is -1.00 e. The van der Waals surface area contributed by atoms with E-state index in [1.165, 1.54) is 0 Å². The van der Waals surface area contributed by atoms with Gasteiger partial charge in [-0.3, -0.25) is 4.48 Å². The van der Waals surface area contributed by atoms with Gasteiger partial charge in [0.2, 0.25) is 6.30 Å². The van der Waals surface area contributed by atoms with Gasteiger partial charge in [-0.25, -0.2) is 0 Å². The van der Waals surface area contributed by atoms with Crippen molar-refractivity contribution in [2.45, 2.75) is 13.2 Å². The average Bonchev–Trinajstić information content (AvgIpc) is 1.67. The van der Waals surface area contributed by atoms with E-state index in [0.29, 0.717) is 9.94 Å². The van der Waals surface area contributed by atoms with Gasteiger partial charge in [-0.15, -0.1) is 0 Å². The van der Waals surface area contributed by atoms with Gasteiger partial charge in [0.1, 0.15) is 5.45 Å². The van der Waals surface area contributed by atoms with Crippen molar-refractivity contribution >= 4 is 15.9 Å². The second kappa shape index (κ2) is 4.47. The fraction of sp³-hybridized carbons (Fsp3) is 1.00. The highest BCUT2D eigenvalue weighted by atomic mass is 79.9. The summed E-state index contributed by atoms with van der Waals surface area (Å²) in [6, 6.07) is 0. The predicted molar refractivity (Wildman–Crippen MR) is 36.5 cm³/mol. The molecule has 0 aliphatic rings. The Labute approximate surface area is 70.4 Å². The van der Waals surface area contributed by atoms with Crippen LogP contribution < -0.4 is 12.4 Å². The SMILES string of the molecule is CC(F)[N+](C)(C)CBr.[Cl-]. The maximum absolute atomic E-state index is 12.4. The molecule has 1 unspecified atom stereocenters. The molecule has 0 rings (SSSR count). The summed E-state index contributed by atoms with van der Waals surface area (Å²) >= 11 is 3.20. The molecule has 0 aromatic rings. The summed E-state index contributed by atoms with van der Waals surface area (Å²) in [4.78, 5) is 0. The number of rotatable bonds is 2. The van der Waals surface area contributed by atoms with Crippen LogP contribution in [0.5, 0.6) is 0 Å². The van der Waals surface area contributed by atoms with Crippen molar-refractivity contribution in [3.05, 3.63) is 0 Å². The van der Waals surface area contributed by atoms with Crippen molar-refractivity contribution in [2.24, 2.45) is 0 Å². The highest BCUT2D eigenvalue weighted by molar-refractivity contribution is 9.09. The summed E-state index contributed by atoms with van der Waals surface area (Å²) in [7, 11) is 3.67. The van der Waals surface area contributed by atoms with Gasteiger partial charge in [0.15, 0.2) is 0 Å². The molecule has 0 saturated heterocycles.